The summed E-state index contributed by atoms with van der Waals surface area (Å²) in [5.41, 5.74) is 1.91. The largest absolute Gasteiger partial charge is 0.490 e. The summed E-state index contributed by atoms with van der Waals surface area (Å²) in [7, 11) is 0. The van der Waals surface area contributed by atoms with Gasteiger partial charge in [-0.3, -0.25) is 9.48 Å². The average molecular weight is 544 g/mol. The van der Waals surface area contributed by atoms with Gasteiger partial charge in [0.1, 0.15) is 10.4 Å². The lowest BCUT2D eigenvalue weighted by Gasteiger charge is -2.17. The van der Waals surface area contributed by atoms with E-state index in [0.717, 1.165) is 30.6 Å². The summed E-state index contributed by atoms with van der Waals surface area (Å²) in [6.07, 6.45) is 2.76. The van der Waals surface area contributed by atoms with Gasteiger partial charge in [-0.2, -0.15) is 18.3 Å². The fourth-order valence-electron chi connectivity index (χ4n) is 4.10. The van der Waals surface area contributed by atoms with E-state index in [9.17, 15) is 18.0 Å². The van der Waals surface area contributed by atoms with Crippen LogP contribution in [-0.4, -0.2) is 56.6 Å². The number of ether oxygens (including phenoxy) is 1. The zero-order valence-corrected chi connectivity index (χ0v) is 19.3. The second-order valence-electron chi connectivity index (χ2n) is 8.33. The van der Waals surface area contributed by atoms with Gasteiger partial charge in [0.2, 0.25) is 5.91 Å². The number of hydrogen-bond donors (Lipinski definition) is 3. The van der Waals surface area contributed by atoms with E-state index in [1.54, 1.807) is 0 Å². The third-order valence-electron chi connectivity index (χ3n) is 5.85. The fourth-order valence-corrected chi connectivity index (χ4v) is 4.41. The predicted octanol–water partition coefficient (Wildman–Crippen LogP) is 2.98. The van der Waals surface area contributed by atoms with Gasteiger partial charge in [0, 0.05) is 29.8 Å². The molecule has 1 aliphatic carbocycles. The molecule has 0 aromatic carbocycles. The molecule has 1 saturated carbocycles. The maximum absolute atomic E-state index is 12.8. The third-order valence-corrected chi connectivity index (χ3v) is 6.29. The van der Waals surface area contributed by atoms with Crippen LogP contribution in [0.4, 0.5) is 19.0 Å². The topological polar surface area (TPSA) is 118 Å². The lowest BCUT2D eigenvalue weighted by Crippen LogP contribution is -2.38. The molecule has 3 atom stereocenters. The normalized spacial score (nSPS) is 26.9. The summed E-state index contributed by atoms with van der Waals surface area (Å²) in [5, 5.41) is 18.2. The zero-order valence-electron chi connectivity index (χ0n) is 17.7. The van der Waals surface area contributed by atoms with Crippen LogP contribution in [0.2, 0.25) is 0 Å². The van der Waals surface area contributed by atoms with Crippen molar-refractivity contribution < 1.29 is 32.6 Å². The Morgan fingerprint density at radius 3 is 2.79 bits per heavy atom. The lowest BCUT2D eigenvalue weighted by atomic mass is 9.99. The Hall–Kier alpha value is -2.77. The molecule has 2 aromatic rings. The molecule has 2 aliphatic heterocycles. The van der Waals surface area contributed by atoms with Crippen LogP contribution in [0.5, 0.6) is 0 Å². The Labute approximate surface area is 200 Å². The van der Waals surface area contributed by atoms with Crippen molar-refractivity contribution in [3.05, 3.63) is 46.3 Å². The van der Waals surface area contributed by atoms with E-state index in [-0.39, 0.29) is 17.4 Å². The number of anilines is 1. The quantitative estimate of drug-likeness (QED) is 0.437. The van der Waals surface area contributed by atoms with Gasteiger partial charge in [0.15, 0.2) is 0 Å². The molecule has 1 saturated heterocycles. The molecule has 4 heterocycles. The highest BCUT2D eigenvalue weighted by Crippen LogP contribution is 2.55. The van der Waals surface area contributed by atoms with Crippen molar-refractivity contribution in [2.24, 2.45) is 5.41 Å². The van der Waals surface area contributed by atoms with Crippen LogP contribution in [0, 0.1) is 5.41 Å². The number of carbonyl (C=O) groups is 2. The fraction of sp³-hybridized carbons (Fsp3) is 0.429. The average Bonchev–Trinajstić information content (AvgIpc) is 3.06. The van der Waals surface area contributed by atoms with Crippen LogP contribution in [-0.2, 0) is 27.5 Å². The summed E-state index contributed by atoms with van der Waals surface area (Å²) in [4.78, 5) is 26.2. The summed E-state index contributed by atoms with van der Waals surface area (Å²) in [6.45, 7) is 1.67. The number of aliphatic carboxylic acids is 1. The number of piperidine rings is 1. The van der Waals surface area contributed by atoms with E-state index < -0.39 is 12.1 Å². The second-order valence-corrected chi connectivity index (χ2v) is 9.14. The first kappa shape index (κ1) is 24.4. The number of hydrogen-bond acceptors (Lipinski definition) is 6. The van der Waals surface area contributed by atoms with Gasteiger partial charge in [0.25, 0.3) is 0 Å². The van der Waals surface area contributed by atoms with Gasteiger partial charge in [-0.1, -0.05) is 12.1 Å². The van der Waals surface area contributed by atoms with Crippen LogP contribution < -0.4 is 10.6 Å². The van der Waals surface area contributed by atoms with Crippen LogP contribution in [0.25, 0.3) is 6.08 Å². The Balaban J connectivity index is 0.000000344. The molecular formula is C21H21BrF3N5O4. The first-order valence-corrected chi connectivity index (χ1v) is 11.2. The molecule has 34 heavy (non-hydrogen) atoms. The maximum Gasteiger partial charge on any atom is 0.490 e. The number of amides is 1. The number of carbonyl (C=O) groups excluding carboxylic acids is 1. The number of carboxylic acid groups (broad SMARTS) is 1. The Bertz CT molecular complexity index is 1120. The SMILES string of the molecule is O=C(O)C(F)(F)F.O=C1Nc2nc(Br)ccc2COC/C=C\c2ccn(n2)C[C@@]23C[C@@H]1N[C@@H]2C3. The van der Waals surface area contributed by atoms with Gasteiger partial charge >= 0.3 is 12.1 Å². The highest BCUT2D eigenvalue weighted by Gasteiger charge is 2.61. The first-order chi connectivity index (χ1) is 16.1. The van der Waals surface area contributed by atoms with Crippen LogP contribution in [0.3, 0.4) is 0 Å². The number of halogens is 4. The second kappa shape index (κ2) is 9.47. The van der Waals surface area contributed by atoms with E-state index in [4.69, 9.17) is 14.6 Å². The van der Waals surface area contributed by atoms with Crippen molar-refractivity contribution in [1.29, 1.82) is 0 Å². The van der Waals surface area contributed by atoms with Gasteiger partial charge in [-0.25, -0.2) is 9.78 Å². The summed E-state index contributed by atoms with van der Waals surface area (Å²) >= 11 is 3.38. The number of fused-ring (bicyclic) bond motifs is 4. The Morgan fingerprint density at radius 2 is 2.06 bits per heavy atom. The number of aromatic nitrogens is 3. The molecule has 3 N–H and O–H groups in total. The van der Waals surface area contributed by atoms with E-state index >= 15 is 0 Å². The minimum absolute atomic E-state index is 0.0402. The molecule has 1 amide bonds. The smallest absolute Gasteiger partial charge is 0.475 e. The van der Waals surface area contributed by atoms with E-state index in [2.05, 4.69) is 36.6 Å². The minimum atomic E-state index is -5.08. The molecule has 2 fully saturated rings. The van der Waals surface area contributed by atoms with Crippen molar-refractivity contribution in [1.82, 2.24) is 20.1 Å². The minimum Gasteiger partial charge on any atom is -0.475 e. The summed E-state index contributed by atoms with van der Waals surface area (Å²) in [6, 6.07) is 5.95. The van der Waals surface area contributed by atoms with Crippen molar-refractivity contribution in [2.45, 2.75) is 44.3 Å². The predicted molar refractivity (Wildman–Crippen MR) is 118 cm³/mol. The highest BCUT2D eigenvalue weighted by molar-refractivity contribution is 9.10. The van der Waals surface area contributed by atoms with Crippen molar-refractivity contribution in [3.63, 3.8) is 0 Å². The third kappa shape index (κ3) is 5.65. The van der Waals surface area contributed by atoms with Gasteiger partial charge in [-0.15, -0.1) is 0 Å². The highest BCUT2D eigenvalue weighted by atomic mass is 79.9. The van der Waals surface area contributed by atoms with E-state index in [1.165, 1.54) is 0 Å². The lowest BCUT2D eigenvalue weighted by molar-refractivity contribution is -0.192. The monoisotopic (exact) mass is 543 g/mol. The number of rotatable bonds is 0. The van der Waals surface area contributed by atoms with Gasteiger partial charge < -0.3 is 20.5 Å². The zero-order chi connectivity index (χ0) is 24.5. The van der Waals surface area contributed by atoms with Crippen molar-refractivity contribution in [3.8, 4) is 0 Å². The molecule has 182 valence electrons. The molecule has 9 nitrogen and oxygen atoms in total. The van der Waals surface area contributed by atoms with Crippen LogP contribution >= 0.6 is 15.9 Å². The summed E-state index contributed by atoms with van der Waals surface area (Å²) < 4.78 is 40.1. The number of alkyl halides is 3. The van der Waals surface area contributed by atoms with Crippen molar-refractivity contribution in [2.75, 3.05) is 11.9 Å². The Kier molecular flexibility index (Phi) is 6.78. The molecule has 13 heteroatoms. The molecule has 1 spiro atoms. The standard InChI is InChI=1S/C19H20BrN5O2.C2HF3O2/c20-16-4-3-12-10-27-7-1-2-13-5-6-25(24-13)11-19-8-14(21-15(19)9-19)18(26)23-17(12)22-16;3-2(4,5)1(6)7/h1-6,14-15,21H,7-11H2,(H,22,23,26);(H,6,7)/b2-1-;/t14-,15+,19-;/m0./s1. The Morgan fingerprint density at radius 1 is 1.29 bits per heavy atom. The van der Waals surface area contributed by atoms with Gasteiger partial charge in [0.05, 0.1) is 24.9 Å². The number of nitrogens with one attached hydrogen (secondary N) is 2. The van der Waals surface area contributed by atoms with Crippen LogP contribution in [0.15, 0.2) is 35.1 Å². The molecule has 0 unspecified atom stereocenters. The molecule has 2 aromatic heterocycles. The first-order valence-electron chi connectivity index (χ1n) is 10.4. The van der Waals surface area contributed by atoms with E-state index in [0.29, 0.717) is 29.7 Å². The molecule has 4 bridgehead atoms. The molecule has 3 aliphatic rings. The number of carboxylic acids is 1. The van der Waals surface area contributed by atoms with Crippen LogP contribution in [0.1, 0.15) is 24.1 Å². The van der Waals surface area contributed by atoms with Gasteiger partial charge in [-0.05, 0) is 47.0 Å². The maximum atomic E-state index is 12.8. The number of pyridine rings is 1. The molecule has 0 radical (unpaired) electrons. The summed E-state index contributed by atoms with van der Waals surface area (Å²) in [5.74, 6) is -2.24. The van der Waals surface area contributed by atoms with E-state index in [1.807, 2.05) is 41.2 Å². The number of nitrogens with zero attached hydrogens (tertiary/aromatic N) is 3. The molecular weight excluding hydrogens is 523 g/mol. The molecule has 5 rings (SSSR count). The van der Waals surface area contributed by atoms with Crippen molar-refractivity contribution >= 4 is 39.7 Å².